The van der Waals surface area contributed by atoms with Gasteiger partial charge in [-0.3, -0.25) is 4.79 Å². The Bertz CT molecular complexity index is 618. The number of aryl methyl sites for hydroxylation is 1. The first-order valence-corrected chi connectivity index (χ1v) is 6.67. The zero-order valence-corrected chi connectivity index (χ0v) is 12.0. The van der Waals surface area contributed by atoms with E-state index in [1.54, 1.807) is 30.3 Å². The van der Waals surface area contributed by atoms with E-state index in [0.29, 0.717) is 23.3 Å². The first kappa shape index (κ1) is 14.8. The third-order valence-corrected chi connectivity index (χ3v) is 3.16. The van der Waals surface area contributed by atoms with Gasteiger partial charge in [-0.1, -0.05) is 37.3 Å². The van der Waals surface area contributed by atoms with E-state index < -0.39 is 12.0 Å². The molecule has 5 nitrogen and oxygen atoms in total. The SMILES string of the molecule is CCc1occc1C(=O)NC(C(=O)OC)c1ccccc1. The van der Waals surface area contributed by atoms with Crippen LogP contribution in [0.1, 0.15) is 34.6 Å². The molecule has 0 fully saturated rings. The molecule has 2 aromatic rings. The van der Waals surface area contributed by atoms with Crippen LogP contribution in [0.5, 0.6) is 0 Å². The molecule has 0 saturated heterocycles. The number of furan rings is 1. The van der Waals surface area contributed by atoms with Crippen molar-refractivity contribution in [2.45, 2.75) is 19.4 Å². The minimum atomic E-state index is -0.844. The van der Waals surface area contributed by atoms with E-state index in [4.69, 9.17) is 9.15 Å². The van der Waals surface area contributed by atoms with Crippen molar-refractivity contribution in [3.05, 3.63) is 59.5 Å². The fraction of sp³-hybridized carbons (Fsp3) is 0.250. The molecule has 21 heavy (non-hydrogen) atoms. The number of hydrogen-bond donors (Lipinski definition) is 1. The fourth-order valence-electron chi connectivity index (χ4n) is 2.07. The van der Waals surface area contributed by atoms with Gasteiger partial charge in [0.1, 0.15) is 5.76 Å². The fourth-order valence-corrected chi connectivity index (χ4v) is 2.07. The summed E-state index contributed by atoms with van der Waals surface area (Å²) in [5.74, 6) is -0.292. The second-order valence-electron chi connectivity index (χ2n) is 4.45. The largest absolute Gasteiger partial charge is 0.469 e. The number of rotatable bonds is 5. The van der Waals surface area contributed by atoms with Crippen LogP contribution in [0.2, 0.25) is 0 Å². The summed E-state index contributed by atoms with van der Waals surface area (Å²) in [4.78, 5) is 24.2. The second-order valence-corrected chi connectivity index (χ2v) is 4.45. The molecule has 0 aliphatic carbocycles. The lowest BCUT2D eigenvalue weighted by Gasteiger charge is -2.16. The third kappa shape index (κ3) is 3.31. The number of nitrogens with one attached hydrogen (secondary N) is 1. The number of methoxy groups -OCH3 is 1. The second kappa shape index (κ2) is 6.74. The molecule has 5 heteroatoms. The number of ether oxygens (including phenoxy) is 1. The van der Waals surface area contributed by atoms with Gasteiger partial charge >= 0.3 is 5.97 Å². The highest BCUT2D eigenvalue weighted by atomic mass is 16.5. The lowest BCUT2D eigenvalue weighted by atomic mass is 10.1. The van der Waals surface area contributed by atoms with Gasteiger partial charge in [-0.2, -0.15) is 0 Å². The lowest BCUT2D eigenvalue weighted by Crippen LogP contribution is -2.34. The molecule has 0 radical (unpaired) electrons. The smallest absolute Gasteiger partial charge is 0.333 e. The Morgan fingerprint density at radius 3 is 2.57 bits per heavy atom. The summed E-state index contributed by atoms with van der Waals surface area (Å²) >= 11 is 0. The predicted molar refractivity (Wildman–Crippen MR) is 76.8 cm³/mol. The average molecular weight is 287 g/mol. The maximum atomic E-state index is 12.3. The van der Waals surface area contributed by atoms with Gasteiger partial charge in [0.2, 0.25) is 0 Å². The maximum absolute atomic E-state index is 12.3. The molecule has 1 aromatic carbocycles. The monoisotopic (exact) mass is 287 g/mol. The molecule has 0 aliphatic heterocycles. The number of benzene rings is 1. The Balaban J connectivity index is 2.24. The summed E-state index contributed by atoms with van der Waals surface area (Å²) < 4.78 is 10.00. The average Bonchev–Trinajstić information content (AvgIpc) is 3.01. The molecule has 2 rings (SSSR count). The quantitative estimate of drug-likeness (QED) is 0.858. The molecule has 1 amide bonds. The van der Waals surface area contributed by atoms with Crippen molar-refractivity contribution < 1.29 is 18.7 Å². The van der Waals surface area contributed by atoms with Crippen LogP contribution in [0.25, 0.3) is 0 Å². The molecule has 1 aromatic heterocycles. The van der Waals surface area contributed by atoms with Gasteiger partial charge < -0.3 is 14.5 Å². The summed E-state index contributed by atoms with van der Waals surface area (Å²) in [6, 6.07) is 9.71. The van der Waals surface area contributed by atoms with Gasteiger partial charge in [-0.05, 0) is 11.6 Å². The molecule has 1 heterocycles. The molecule has 1 unspecified atom stereocenters. The van der Waals surface area contributed by atoms with Crippen molar-refractivity contribution in [2.75, 3.05) is 7.11 Å². The number of carbonyl (C=O) groups excluding carboxylic acids is 2. The minimum absolute atomic E-state index is 0.361. The standard InChI is InChI=1S/C16H17NO4/c1-3-13-12(9-10-21-13)15(18)17-14(16(19)20-2)11-7-5-4-6-8-11/h4-10,14H,3H2,1-2H3,(H,17,18). The molecule has 110 valence electrons. The van der Waals surface area contributed by atoms with Crippen LogP contribution in [0.4, 0.5) is 0 Å². The van der Waals surface area contributed by atoms with E-state index in [0.717, 1.165) is 0 Å². The van der Waals surface area contributed by atoms with Crippen molar-refractivity contribution in [1.29, 1.82) is 0 Å². The first-order valence-electron chi connectivity index (χ1n) is 6.67. The summed E-state index contributed by atoms with van der Waals surface area (Å²) in [6.45, 7) is 1.89. The van der Waals surface area contributed by atoms with E-state index in [1.807, 2.05) is 13.0 Å². The number of amides is 1. The van der Waals surface area contributed by atoms with Gasteiger partial charge in [0.25, 0.3) is 5.91 Å². The summed E-state index contributed by atoms with van der Waals surface area (Å²) in [7, 11) is 1.29. The Kier molecular flexibility index (Phi) is 4.77. The normalized spacial score (nSPS) is 11.7. The van der Waals surface area contributed by atoms with E-state index in [2.05, 4.69) is 5.32 Å². The Morgan fingerprint density at radius 1 is 1.24 bits per heavy atom. The van der Waals surface area contributed by atoms with E-state index in [-0.39, 0.29) is 5.91 Å². The van der Waals surface area contributed by atoms with Gasteiger partial charge in [0.15, 0.2) is 6.04 Å². The predicted octanol–water partition coefficient (Wildman–Crippen LogP) is 2.49. The van der Waals surface area contributed by atoms with Gasteiger partial charge in [0.05, 0.1) is 18.9 Å². The zero-order valence-electron chi connectivity index (χ0n) is 12.0. The van der Waals surface area contributed by atoms with E-state index in [1.165, 1.54) is 13.4 Å². The third-order valence-electron chi connectivity index (χ3n) is 3.16. The number of hydrogen-bond acceptors (Lipinski definition) is 4. The van der Waals surface area contributed by atoms with Crippen LogP contribution >= 0.6 is 0 Å². The summed E-state index contributed by atoms with van der Waals surface area (Å²) in [5, 5.41) is 2.69. The van der Waals surface area contributed by atoms with Crippen molar-refractivity contribution in [2.24, 2.45) is 0 Å². The van der Waals surface area contributed by atoms with Gasteiger partial charge in [0, 0.05) is 6.42 Å². The summed E-state index contributed by atoms with van der Waals surface area (Å²) in [5.41, 5.74) is 1.10. The molecule has 1 atom stereocenters. The highest BCUT2D eigenvalue weighted by Gasteiger charge is 2.25. The lowest BCUT2D eigenvalue weighted by molar-refractivity contribution is -0.143. The number of carbonyl (C=O) groups is 2. The van der Waals surface area contributed by atoms with Crippen LogP contribution in [-0.4, -0.2) is 19.0 Å². The van der Waals surface area contributed by atoms with Crippen LogP contribution < -0.4 is 5.32 Å². The molecule has 0 bridgehead atoms. The van der Waals surface area contributed by atoms with E-state index in [9.17, 15) is 9.59 Å². The maximum Gasteiger partial charge on any atom is 0.333 e. The highest BCUT2D eigenvalue weighted by Crippen LogP contribution is 2.17. The Hall–Kier alpha value is -2.56. The van der Waals surface area contributed by atoms with Gasteiger partial charge in [-0.25, -0.2) is 4.79 Å². The molecule has 1 N–H and O–H groups in total. The highest BCUT2D eigenvalue weighted by molar-refractivity contribution is 5.97. The molecule has 0 aliphatic rings. The van der Waals surface area contributed by atoms with E-state index >= 15 is 0 Å². The number of esters is 1. The van der Waals surface area contributed by atoms with Crippen LogP contribution in [-0.2, 0) is 16.0 Å². The molecule has 0 spiro atoms. The summed E-state index contributed by atoms with van der Waals surface area (Å²) in [6.07, 6.45) is 2.06. The molecular weight excluding hydrogens is 270 g/mol. The van der Waals surface area contributed by atoms with Crippen molar-refractivity contribution in [3.63, 3.8) is 0 Å². The first-order chi connectivity index (χ1) is 10.2. The topological polar surface area (TPSA) is 68.5 Å². The zero-order chi connectivity index (χ0) is 15.2. The molecular formula is C16H17NO4. The van der Waals surface area contributed by atoms with Crippen LogP contribution in [0, 0.1) is 0 Å². The van der Waals surface area contributed by atoms with Crippen molar-refractivity contribution in [3.8, 4) is 0 Å². The van der Waals surface area contributed by atoms with Crippen LogP contribution in [0.15, 0.2) is 47.1 Å². The minimum Gasteiger partial charge on any atom is -0.469 e. The molecule has 0 saturated carbocycles. The van der Waals surface area contributed by atoms with Gasteiger partial charge in [-0.15, -0.1) is 0 Å². The van der Waals surface area contributed by atoms with Crippen molar-refractivity contribution in [1.82, 2.24) is 5.32 Å². The van der Waals surface area contributed by atoms with Crippen molar-refractivity contribution >= 4 is 11.9 Å². The van der Waals surface area contributed by atoms with Crippen LogP contribution in [0.3, 0.4) is 0 Å². The Morgan fingerprint density at radius 2 is 1.95 bits per heavy atom. The Labute approximate surface area is 122 Å².